The molecule has 344 valence electrons. The molecule has 11 rings (SSSR count). The van der Waals surface area contributed by atoms with Crippen LogP contribution in [0.3, 0.4) is 0 Å². The minimum Gasteiger partial charge on any atom is -0.457 e. The molecule has 0 saturated carbocycles. The van der Waals surface area contributed by atoms with E-state index < -0.39 is 74.2 Å². The molecule has 0 aliphatic carbocycles. The van der Waals surface area contributed by atoms with Crippen molar-refractivity contribution in [2.75, 3.05) is 0 Å². The molecule has 0 atom stereocenters. The number of rotatable bonds is 4. The normalized spacial score (nSPS) is 17.9. The van der Waals surface area contributed by atoms with Crippen LogP contribution in [0.5, 0.6) is 11.5 Å². The van der Waals surface area contributed by atoms with Crippen LogP contribution in [0.15, 0.2) is 164 Å². The molecule has 1 aliphatic rings. The van der Waals surface area contributed by atoms with Crippen LogP contribution >= 0.6 is 0 Å². The summed E-state index contributed by atoms with van der Waals surface area (Å²) in [6.07, 6.45) is 3.36. The number of benzene rings is 7. The lowest BCUT2D eigenvalue weighted by Gasteiger charge is -2.28. The quantitative estimate of drug-likeness (QED) is 0.165. The standard InChI is InChI=1S/C64H63N4O/c1-61(2,3)40-30-31-65-58(36-40)68-55-26-18-17-24-50(55)51-29-28-44(38-57(51)68)69-45-33-41(62(4,5)6)32-43(37-45)66-39-67-59-53(34-42(63(7,8)9)35-54(59)64(10,11)12)49-23-16-14-21-47(49)46-20-13-15-22-48(46)52-25-19-27-56(66)60(52)67/h13-39H,1-12H3/q+1/i7D3,8D3,9D3,10D3,11D3,12D3. The highest BCUT2D eigenvalue weighted by atomic mass is 16.5. The average molecular weight is 922 g/mol. The predicted molar refractivity (Wildman–Crippen MR) is 288 cm³/mol. The number of aromatic nitrogens is 4. The van der Waals surface area contributed by atoms with E-state index in [0.717, 1.165) is 44.8 Å². The fraction of sp³-hybridized carbons (Fsp3) is 0.250. The number of imidazole rings is 1. The summed E-state index contributed by atoms with van der Waals surface area (Å²) in [7, 11) is 0. The van der Waals surface area contributed by atoms with E-state index in [-0.39, 0.29) is 22.1 Å². The Kier molecular flexibility index (Phi) is 6.42. The van der Waals surface area contributed by atoms with Gasteiger partial charge in [0.15, 0.2) is 11.0 Å². The number of nitrogens with zero attached hydrogens (tertiary/aromatic N) is 4. The van der Waals surface area contributed by atoms with Crippen molar-refractivity contribution >= 4 is 32.8 Å². The zero-order valence-corrected chi connectivity index (χ0v) is 39.3. The van der Waals surface area contributed by atoms with E-state index in [1.807, 2.05) is 112 Å². The molecule has 0 spiro atoms. The highest BCUT2D eigenvalue weighted by Gasteiger charge is 2.35. The van der Waals surface area contributed by atoms with E-state index in [1.54, 1.807) is 53.4 Å². The summed E-state index contributed by atoms with van der Waals surface area (Å²) in [6, 6.07) is 44.6. The Morgan fingerprint density at radius 2 is 1.09 bits per heavy atom. The van der Waals surface area contributed by atoms with Crippen molar-refractivity contribution in [3.05, 3.63) is 186 Å². The Morgan fingerprint density at radius 3 is 1.78 bits per heavy atom. The Labute approximate surface area is 433 Å². The van der Waals surface area contributed by atoms with Crippen molar-refractivity contribution in [3.8, 4) is 62.1 Å². The summed E-state index contributed by atoms with van der Waals surface area (Å²) in [5.74, 6) is 1.60. The molecule has 0 radical (unpaired) electrons. The summed E-state index contributed by atoms with van der Waals surface area (Å²) in [4.78, 5) is 4.86. The van der Waals surface area contributed by atoms with Crippen molar-refractivity contribution in [2.24, 2.45) is 0 Å². The zero-order chi connectivity index (χ0) is 63.4. The van der Waals surface area contributed by atoms with Gasteiger partial charge < -0.3 is 4.74 Å². The zero-order valence-electron chi connectivity index (χ0n) is 57.3. The summed E-state index contributed by atoms with van der Waals surface area (Å²) in [5, 5.41) is 1.98. The van der Waals surface area contributed by atoms with E-state index in [0.29, 0.717) is 51.0 Å². The van der Waals surface area contributed by atoms with Gasteiger partial charge in [-0.05, 0) is 121 Å². The molecule has 0 N–H and O–H groups in total. The van der Waals surface area contributed by atoms with E-state index in [2.05, 4.69) is 37.5 Å². The first-order chi connectivity index (χ1) is 40.2. The van der Waals surface area contributed by atoms with E-state index in [4.69, 9.17) is 22.1 Å². The number of hydrogen-bond acceptors (Lipinski definition) is 2. The van der Waals surface area contributed by atoms with E-state index in [1.165, 1.54) is 4.57 Å². The molecule has 10 aromatic rings. The van der Waals surface area contributed by atoms with Gasteiger partial charge in [0.05, 0.1) is 11.0 Å². The monoisotopic (exact) mass is 922 g/mol. The fourth-order valence-corrected chi connectivity index (χ4v) is 9.93. The van der Waals surface area contributed by atoms with Crippen molar-refractivity contribution in [3.63, 3.8) is 0 Å². The molecular formula is C64H63N4O+. The number of pyridine rings is 1. The summed E-state index contributed by atoms with van der Waals surface area (Å²) >= 11 is 0. The van der Waals surface area contributed by atoms with Gasteiger partial charge in [-0.15, -0.1) is 0 Å². The largest absolute Gasteiger partial charge is 0.457 e. The van der Waals surface area contributed by atoms with E-state index >= 15 is 0 Å². The number of hydrogen-bond donors (Lipinski definition) is 0. The van der Waals surface area contributed by atoms with Gasteiger partial charge in [0.1, 0.15) is 28.7 Å². The second kappa shape index (κ2) is 15.6. The maximum absolute atomic E-state index is 9.22. The van der Waals surface area contributed by atoms with Crippen molar-refractivity contribution in [2.45, 2.75) is 104 Å². The number of para-hydroxylation sites is 2. The summed E-state index contributed by atoms with van der Waals surface area (Å²) in [5.41, 5.74) is -4.29. The Hall–Kier alpha value is -7.24. The van der Waals surface area contributed by atoms with Crippen molar-refractivity contribution in [1.29, 1.82) is 0 Å². The molecule has 0 amide bonds. The van der Waals surface area contributed by atoms with Gasteiger partial charge in [0, 0.05) is 70.5 Å². The topological polar surface area (TPSA) is 35.9 Å². The summed E-state index contributed by atoms with van der Waals surface area (Å²) < 4.78 is 175. The molecule has 0 saturated heterocycles. The molecule has 5 heteroatoms. The van der Waals surface area contributed by atoms with Crippen LogP contribution in [-0.2, 0) is 21.7 Å². The van der Waals surface area contributed by atoms with E-state index in [9.17, 15) is 12.3 Å². The fourth-order valence-electron chi connectivity index (χ4n) is 9.93. The van der Waals surface area contributed by atoms with Gasteiger partial charge in [0.25, 0.3) is 6.33 Å². The molecular weight excluding hydrogens is 841 g/mol. The van der Waals surface area contributed by atoms with Gasteiger partial charge in [-0.1, -0.05) is 162 Å². The smallest absolute Gasteiger partial charge is 0.255 e. The maximum Gasteiger partial charge on any atom is 0.255 e. The van der Waals surface area contributed by atoms with Crippen LogP contribution in [0.4, 0.5) is 0 Å². The lowest BCUT2D eigenvalue weighted by Crippen LogP contribution is -2.35. The highest BCUT2D eigenvalue weighted by Crippen LogP contribution is 2.47. The summed E-state index contributed by atoms with van der Waals surface area (Å²) in [6.45, 7) is -11.5. The molecule has 0 unspecified atom stereocenters. The Bertz CT molecular complexity index is 4320. The third-order valence-corrected chi connectivity index (χ3v) is 13.4. The first kappa shape index (κ1) is 28.3. The molecule has 0 bridgehead atoms. The second-order valence-corrected chi connectivity index (χ2v) is 20.3. The van der Waals surface area contributed by atoms with Crippen LogP contribution in [0.2, 0.25) is 0 Å². The molecule has 1 aliphatic heterocycles. The van der Waals surface area contributed by atoms with Crippen LogP contribution < -0.4 is 9.30 Å². The Balaban J connectivity index is 1.27. The average Bonchev–Trinajstić information content (AvgIpc) is 1.19. The molecule has 3 aromatic heterocycles. The van der Waals surface area contributed by atoms with Crippen LogP contribution in [0.1, 0.15) is 130 Å². The number of ether oxygens (including phenoxy) is 1. The van der Waals surface area contributed by atoms with Crippen LogP contribution in [-0.4, -0.2) is 14.1 Å². The van der Waals surface area contributed by atoms with Gasteiger partial charge in [-0.2, -0.15) is 9.13 Å². The Morgan fingerprint density at radius 1 is 0.478 bits per heavy atom. The minimum absolute atomic E-state index is 0.134. The first-order valence-electron chi connectivity index (χ1n) is 32.0. The number of fused-ring (bicyclic) bond motifs is 10. The lowest BCUT2D eigenvalue weighted by molar-refractivity contribution is -0.567. The maximum atomic E-state index is 9.22. The lowest BCUT2D eigenvalue weighted by atomic mass is 9.77. The van der Waals surface area contributed by atoms with Gasteiger partial charge >= 0.3 is 0 Å². The first-order valence-corrected chi connectivity index (χ1v) is 23.0. The molecule has 69 heavy (non-hydrogen) atoms. The highest BCUT2D eigenvalue weighted by molar-refractivity contribution is 6.09. The second-order valence-electron chi connectivity index (χ2n) is 20.3. The van der Waals surface area contributed by atoms with Gasteiger partial charge in [-0.3, -0.25) is 4.57 Å². The SMILES string of the molecule is [2H]C([2H])([2H])C(c1cc2c(c(C(C([2H])([2H])[2H])(C([2H])([2H])[2H])C([2H])([2H])[2H])c1)-[n+]1cn(-c3cc(Oc4ccc5c6ccccc6n(-c6cc(C(C)(C)C)ccn6)c5c4)cc(C(C)(C)C)c3)c3cccc(c31)-c1ccccc1-c1ccccc1-2)(C([2H])([2H])[2H])C([2H])([2H])[2H]. The molecule has 0 fully saturated rings. The van der Waals surface area contributed by atoms with Crippen LogP contribution in [0.25, 0.3) is 83.4 Å². The van der Waals surface area contributed by atoms with Gasteiger partial charge in [0.2, 0.25) is 0 Å². The van der Waals surface area contributed by atoms with Crippen LogP contribution in [0, 0.1) is 0 Å². The minimum atomic E-state index is -4.04. The van der Waals surface area contributed by atoms with Crippen molar-refractivity contribution < 1.29 is 34.0 Å². The van der Waals surface area contributed by atoms with Gasteiger partial charge in [-0.25, -0.2) is 4.98 Å². The molecule has 5 nitrogen and oxygen atoms in total. The van der Waals surface area contributed by atoms with Crippen molar-refractivity contribution in [1.82, 2.24) is 14.1 Å². The predicted octanol–water partition coefficient (Wildman–Crippen LogP) is 16.7. The third-order valence-electron chi connectivity index (χ3n) is 13.4. The molecule has 7 aromatic carbocycles. The molecule has 4 heterocycles. The third kappa shape index (κ3) is 7.54.